The maximum absolute atomic E-state index is 11.5. The Labute approximate surface area is 98.3 Å². The Bertz CT molecular complexity index is 382. The second-order valence-electron chi connectivity index (χ2n) is 3.41. The Balaban J connectivity index is 2.51. The van der Waals surface area contributed by atoms with E-state index in [0.717, 1.165) is 0 Å². The molecule has 0 bridgehead atoms. The molecule has 0 saturated heterocycles. The zero-order chi connectivity index (χ0) is 12.7. The fourth-order valence-corrected chi connectivity index (χ4v) is 1.24. The van der Waals surface area contributed by atoms with Crippen LogP contribution in [0.1, 0.15) is 19.8 Å². The van der Waals surface area contributed by atoms with Crippen LogP contribution in [0.25, 0.3) is 0 Å². The molecule has 1 heterocycles. The first-order chi connectivity index (χ1) is 8.13. The first-order valence-electron chi connectivity index (χ1n) is 5.18. The minimum absolute atomic E-state index is 0.383. The second kappa shape index (κ2) is 6.41. The Kier molecular flexibility index (Phi) is 4.86. The number of rotatable bonds is 5. The van der Waals surface area contributed by atoms with Crippen molar-refractivity contribution in [1.29, 1.82) is 0 Å². The van der Waals surface area contributed by atoms with Crippen molar-refractivity contribution in [2.24, 2.45) is 0 Å². The SMILES string of the molecule is CCC[C@@H](NC(=O)Nc1cncnc1)C(=O)O. The molecule has 1 rings (SSSR count). The maximum atomic E-state index is 11.5. The predicted molar refractivity (Wildman–Crippen MR) is 60.5 cm³/mol. The largest absolute Gasteiger partial charge is 0.480 e. The van der Waals surface area contributed by atoms with E-state index >= 15 is 0 Å². The van der Waals surface area contributed by atoms with Crippen LogP contribution in [0, 0.1) is 0 Å². The highest BCUT2D eigenvalue weighted by Gasteiger charge is 2.18. The zero-order valence-electron chi connectivity index (χ0n) is 9.38. The van der Waals surface area contributed by atoms with Crippen LogP contribution in [0.2, 0.25) is 0 Å². The Morgan fingerprint density at radius 3 is 2.59 bits per heavy atom. The molecule has 2 amide bonds. The third-order valence-corrected chi connectivity index (χ3v) is 2.00. The fourth-order valence-electron chi connectivity index (χ4n) is 1.24. The van der Waals surface area contributed by atoms with Gasteiger partial charge in [0.2, 0.25) is 0 Å². The molecule has 0 aliphatic carbocycles. The van der Waals surface area contributed by atoms with Gasteiger partial charge in [-0.15, -0.1) is 0 Å². The van der Waals surface area contributed by atoms with E-state index in [0.29, 0.717) is 18.5 Å². The maximum Gasteiger partial charge on any atom is 0.326 e. The van der Waals surface area contributed by atoms with Crippen molar-refractivity contribution in [1.82, 2.24) is 15.3 Å². The molecular weight excluding hydrogens is 224 g/mol. The Morgan fingerprint density at radius 1 is 1.41 bits per heavy atom. The van der Waals surface area contributed by atoms with Gasteiger partial charge in [-0.25, -0.2) is 19.6 Å². The van der Waals surface area contributed by atoms with E-state index in [1.54, 1.807) is 0 Å². The minimum Gasteiger partial charge on any atom is -0.480 e. The number of carboxylic acid groups (broad SMARTS) is 1. The van der Waals surface area contributed by atoms with Crippen molar-refractivity contribution >= 4 is 17.7 Å². The van der Waals surface area contributed by atoms with E-state index in [-0.39, 0.29) is 0 Å². The van der Waals surface area contributed by atoms with Gasteiger partial charge in [-0.2, -0.15) is 0 Å². The lowest BCUT2D eigenvalue weighted by Gasteiger charge is -2.13. The van der Waals surface area contributed by atoms with Crippen LogP contribution in [0.5, 0.6) is 0 Å². The highest BCUT2D eigenvalue weighted by atomic mass is 16.4. The van der Waals surface area contributed by atoms with Crippen LogP contribution < -0.4 is 10.6 Å². The molecule has 0 aliphatic heterocycles. The average molecular weight is 238 g/mol. The highest BCUT2D eigenvalue weighted by molar-refractivity contribution is 5.91. The minimum atomic E-state index is -1.05. The number of hydrogen-bond donors (Lipinski definition) is 3. The lowest BCUT2D eigenvalue weighted by atomic mass is 10.2. The Hall–Kier alpha value is -2.18. The van der Waals surface area contributed by atoms with Gasteiger partial charge in [-0.3, -0.25) is 0 Å². The molecular formula is C10H14N4O3. The summed E-state index contributed by atoms with van der Waals surface area (Å²) in [6.07, 6.45) is 5.23. The third-order valence-electron chi connectivity index (χ3n) is 2.00. The van der Waals surface area contributed by atoms with E-state index in [1.165, 1.54) is 18.7 Å². The molecule has 0 unspecified atom stereocenters. The summed E-state index contributed by atoms with van der Waals surface area (Å²) >= 11 is 0. The molecule has 92 valence electrons. The van der Waals surface area contributed by atoms with Gasteiger partial charge in [0.25, 0.3) is 0 Å². The van der Waals surface area contributed by atoms with E-state index in [2.05, 4.69) is 20.6 Å². The van der Waals surface area contributed by atoms with E-state index < -0.39 is 18.0 Å². The van der Waals surface area contributed by atoms with Gasteiger partial charge in [0.15, 0.2) is 0 Å². The van der Waals surface area contributed by atoms with Crippen LogP contribution in [0.15, 0.2) is 18.7 Å². The number of nitrogens with one attached hydrogen (secondary N) is 2. The lowest BCUT2D eigenvalue weighted by molar-refractivity contribution is -0.139. The van der Waals surface area contributed by atoms with Crippen molar-refractivity contribution < 1.29 is 14.7 Å². The van der Waals surface area contributed by atoms with E-state index in [9.17, 15) is 9.59 Å². The summed E-state index contributed by atoms with van der Waals surface area (Å²) in [5.41, 5.74) is 0.408. The summed E-state index contributed by atoms with van der Waals surface area (Å²) in [6.45, 7) is 1.85. The molecule has 1 atom stereocenters. The smallest absolute Gasteiger partial charge is 0.326 e. The van der Waals surface area contributed by atoms with Crippen molar-refractivity contribution in [2.75, 3.05) is 5.32 Å². The molecule has 0 aromatic carbocycles. The molecule has 0 radical (unpaired) electrons. The number of carbonyl (C=O) groups is 2. The number of aliphatic carboxylic acids is 1. The summed E-state index contributed by atoms with van der Waals surface area (Å²) in [6, 6.07) is -1.47. The van der Waals surface area contributed by atoms with E-state index in [4.69, 9.17) is 5.11 Å². The van der Waals surface area contributed by atoms with Gasteiger partial charge >= 0.3 is 12.0 Å². The van der Waals surface area contributed by atoms with Crippen LogP contribution in [0.4, 0.5) is 10.5 Å². The number of nitrogens with zero attached hydrogens (tertiary/aromatic N) is 2. The number of carbonyl (C=O) groups excluding carboxylic acids is 1. The molecule has 7 heteroatoms. The predicted octanol–water partition coefficient (Wildman–Crippen LogP) is 0.851. The van der Waals surface area contributed by atoms with Gasteiger partial charge in [0.05, 0.1) is 18.1 Å². The first kappa shape index (κ1) is 12.9. The zero-order valence-corrected chi connectivity index (χ0v) is 9.38. The topological polar surface area (TPSA) is 104 Å². The lowest BCUT2D eigenvalue weighted by Crippen LogP contribution is -2.42. The van der Waals surface area contributed by atoms with Crippen LogP contribution >= 0.6 is 0 Å². The number of amides is 2. The summed E-state index contributed by atoms with van der Waals surface area (Å²) in [4.78, 5) is 29.7. The van der Waals surface area contributed by atoms with Gasteiger partial charge in [-0.1, -0.05) is 13.3 Å². The molecule has 0 aliphatic rings. The first-order valence-corrected chi connectivity index (χ1v) is 5.18. The summed E-state index contributed by atoms with van der Waals surface area (Å²) in [7, 11) is 0. The summed E-state index contributed by atoms with van der Waals surface area (Å²) < 4.78 is 0. The van der Waals surface area contributed by atoms with Gasteiger partial charge < -0.3 is 15.7 Å². The highest BCUT2D eigenvalue weighted by Crippen LogP contribution is 2.01. The van der Waals surface area contributed by atoms with Crippen molar-refractivity contribution in [2.45, 2.75) is 25.8 Å². The van der Waals surface area contributed by atoms with Gasteiger partial charge in [-0.05, 0) is 6.42 Å². The van der Waals surface area contributed by atoms with Gasteiger partial charge in [0.1, 0.15) is 12.4 Å². The Morgan fingerprint density at radius 2 is 2.06 bits per heavy atom. The fraction of sp³-hybridized carbons (Fsp3) is 0.400. The molecule has 3 N–H and O–H groups in total. The molecule has 1 aromatic heterocycles. The third kappa shape index (κ3) is 4.45. The number of urea groups is 1. The molecule has 17 heavy (non-hydrogen) atoms. The molecule has 0 saturated carbocycles. The molecule has 0 spiro atoms. The standard InChI is InChI=1S/C10H14N4O3/c1-2-3-8(9(15)16)14-10(17)13-7-4-11-6-12-5-7/h4-6,8H,2-3H2,1H3,(H,15,16)(H2,13,14,17)/t8-/m1/s1. The average Bonchev–Trinajstić information content (AvgIpc) is 2.29. The van der Waals surface area contributed by atoms with Crippen molar-refractivity contribution in [3.05, 3.63) is 18.7 Å². The molecule has 0 fully saturated rings. The number of carboxylic acids is 1. The van der Waals surface area contributed by atoms with Gasteiger partial charge in [0, 0.05) is 0 Å². The van der Waals surface area contributed by atoms with Crippen LogP contribution in [-0.2, 0) is 4.79 Å². The molecule has 1 aromatic rings. The number of anilines is 1. The van der Waals surface area contributed by atoms with Crippen molar-refractivity contribution in [3.63, 3.8) is 0 Å². The number of aromatic nitrogens is 2. The van der Waals surface area contributed by atoms with Crippen molar-refractivity contribution in [3.8, 4) is 0 Å². The van der Waals surface area contributed by atoms with Crippen LogP contribution in [0.3, 0.4) is 0 Å². The molecule has 7 nitrogen and oxygen atoms in total. The number of hydrogen-bond acceptors (Lipinski definition) is 4. The normalized spacial score (nSPS) is 11.6. The monoisotopic (exact) mass is 238 g/mol. The van der Waals surface area contributed by atoms with Crippen LogP contribution in [-0.4, -0.2) is 33.1 Å². The summed E-state index contributed by atoms with van der Waals surface area (Å²) in [5.74, 6) is -1.05. The second-order valence-corrected chi connectivity index (χ2v) is 3.41. The summed E-state index contributed by atoms with van der Waals surface area (Å²) in [5, 5.41) is 13.7. The van der Waals surface area contributed by atoms with E-state index in [1.807, 2.05) is 6.92 Å². The quantitative estimate of drug-likeness (QED) is 0.705.